The van der Waals surface area contributed by atoms with Crippen molar-refractivity contribution in [1.29, 1.82) is 0 Å². The molecule has 180 valence electrons. The first-order valence-electron chi connectivity index (χ1n) is 11.6. The molecule has 0 atom stereocenters. The van der Waals surface area contributed by atoms with Crippen molar-refractivity contribution in [3.8, 4) is 11.3 Å². The summed E-state index contributed by atoms with van der Waals surface area (Å²) in [5.74, 6) is -0.309. The van der Waals surface area contributed by atoms with Gasteiger partial charge in [-0.25, -0.2) is 18.1 Å². The second kappa shape index (κ2) is 10.8. The van der Waals surface area contributed by atoms with Crippen LogP contribution in [-0.2, 0) is 16.6 Å². The third-order valence-electron chi connectivity index (χ3n) is 5.69. The summed E-state index contributed by atoms with van der Waals surface area (Å²) in [6.07, 6.45) is 4.98. The molecule has 0 unspecified atom stereocenters. The van der Waals surface area contributed by atoms with Crippen LogP contribution >= 0.6 is 0 Å². The summed E-state index contributed by atoms with van der Waals surface area (Å²) in [5.41, 5.74) is 4.34. The number of hydrogen-bond acceptors (Lipinski definition) is 5. The molecule has 2 aromatic carbocycles. The summed E-state index contributed by atoms with van der Waals surface area (Å²) < 4.78 is 28.3. The predicted molar refractivity (Wildman–Crippen MR) is 137 cm³/mol. The highest BCUT2D eigenvalue weighted by Gasteiger charge is 2.19. The number of amides is 1. The number of sulfonamides is 1. The Balaban J connectivity index is 1.74. The number of aryl methyl sites for hydroxylation is 1. The van der Waals surface area contributed by atoms with Crippen LogP contribution < -0.4 is 10.0 Å². The number of rotatable bonds is 9. The highest BCUT2D eigenvalue weighted by Crippen LogP contribution is 2.27. The molecule has 0 aliphatic carbocycles. The molecule has 4 aromatic rings. The zero-order chi connectivity index (χ0) is 24.8. The molecule has 0 radical (unpaired) electrons. The molecule has 4 rings (SSSR count). The van der Waals surface area contributed by atoms with Gasteiger partial charge in [0.25, 0.3) is 5.91 Å². The van der Waals surface area contributed by atoms with E-state index in [1.807, 2.05) is 44.2 Å². The Morgan fingerprint density at radius 1 is 1.03 bits per heavy atom. The van der Waals surface area contributed by atoms with Crippen molar-refractivity contribution in [2.75, 3.05) is 6.54 Å². The van der Waals surface area contributed by atoms with E-state index in [0.29, 0.717) is 35.2 Å². The molecule has 7 nitrogen and oxygen atoms in total. The molecule has 0 aliphatic rings. The van der Waals surface area contributed by atoms with Crippen molar-refractivity contribution in [3.05, 3.63) is 89.7 Å². The zero-order valence-corrected chi connectivity index (χ0v) is 20.6. The first-order valence-corrected chi connectivity index (χ1v) is 13.0. The Labute approximate surface area is 205 Å². The molecule has 8 heteroatoms. The van der Waals surface area contributed by atoms with Crippen molar-refractivity contribution in [2.24, 2.45) is 0 Å². The third-order valence-corrected chi connectivity index (χ3v) is 7.15. The number of benzene rings is 2. The number of nitrogens with zero attached hydrogens (tertiary/aromatic N) is 2. The van der Waals surface area contributed by atoms with E-state index in [4.69, 9.17) is 0 Å². The number of unbranched alkanes of at least 4 members (excludes halogenated alkanes) is 1. The number of nitrogens with one attached hydrogen (secondary N) is 2. The Morgan fingerprint density at radius 2 is 1.83 bits per heavy atom. The highest BCUT2D eigenvalue weighted by molar-refractivity contribution is 7.89. The summed E-state index contributed by atoms with van der Waals surface area (Å²) in [7, 11) is -3.71. The largest absolute Gasteiger partial charge is 0.348 e. The standard InChI is InChI=1S/C27H28N4O3S/c1-3-4-14-30-35(33,34)22-11-12-25-23(15-22)24(16-26(31-25)21-6-5-13-28-18-21)27(32)29-17-20-9-7-19(2)8-10-20/h5-13,15-16,18,30H,3-4,14,17H2,1-2H3,(H,29,32). The molecule has 0 aliphatic heterocycles. The fourth-order valence-electron chi connectivity index (χ4n) is 3.67. The number of pyridine rings is 2. The zero-order valence-electron chi connectivity index (χ0n) is 19.8. The van der Waals surface area contributed by atoms with Gasteiger partial charge in [0.15, 0.2) is 0 Å². The molecule has 0 saturated carbocycles. The average Bonchev–Trinajstić information content (AvgIpc) is 2.87. The van der Waals surface area contributed by atoms with Crippen LogP contribution in [0.15, 0.2) is 78.0 Å². The number of hydrogen-bond donors (Lipinski definition) is 2. The number of aromatic nitrogens is 2. The topological polar surface area (TPSA) is 101 Å². The van der Waals surface area contributed by atoms with Gasteiger partial charge in [0.2, 0.25) is 10.0 Å². The van der Waals surface area contributed by atoms with Crippen molar-refractivity contribution >= 4 is 26.8 Å². The van der Waals surface area contributed by atoms with Gasteiger partial charge in [-0.05, 0) is 55.3 Å². The van der Waals surface area contributed by atoms with Crippen LogP contribution in [0.3, 0.4) is 0 Å². The maximum atomic E-state index is 13.3. The van der Waals surface area contributed by atoms with Crippen LogP contribution in [0.1, 0.15) is 41.3 Å². The van der Waals surface area contributed by atoms with Gasteiger partial charge in [-0.15, -0.1) is 0 Å². The molecule has 0 fully saturated rings. The quantitative estimate of drug-likeness (QED) is 0.335. The van der Waals surface area contributed by atoms with Gasteiger partial charge < -0.3 is 5.32 Å². The fraction of sp³-hybridized carbons (Fsp3) is 0.222. The van der Waals surface area contributed by atoms with Gasteiger partial charge in [0.05, 0.1) is 21.7 Å². The van der Waals surface area contributed by atoms with E-state index in [1.165, 1.54) is 12.1 Å². The maximum absolute atomic E-state index is 13.3. The molecular formula is C27H28N4O3S. The molecular weight excluding hydrogens is 460 g/mol. The monoisotopic (exact) mass is 488 g/mol. The normalized spacial score (nSPS) is 11.5. The minimum atomic E-state index is -3.71. The second-order valence-corrected chi connectivity index (χ2v) is 10.2. The number of carbonyl (C=O) groups excluding carboxylic acids is 1. The van der Waals surface area contributed by atoms with Crippen LogP contribution in [0.5, 0.6) is 0 Å². The molecule has 35 heavy (non-hydrogen) atoms. The number of carbonyl (C=O) groups is 1. The Kier molecular flexibility index (Phi) is 7.53. The lowest BCUT2D eigenvalue weighted by molar-refractivity contribution is 0.0952. The Bertz CT molecular complexity index is 1440. The minimum Gasteiger partial charge on any atom is -0.348 e. The molecule has 0 saturated heterocycles. The maximum Gasteiger partial charge on any atom is 0.252 e. The number of fused-ring (bicyclic) bond motifs is 1. The van der Waals surface area contributed by atoms with E-state index >= 15 is 0 Å². The highest BCUT2D eigenvalue weighted by atomic mass is 32.2. The molecule has 1 amide bonds. The molecule has 2 heterocycles. The van der Waals surface area contributed by atoms with Gasteiger partial charge in [0.1, 0.15) is 0 Å². The second-order valence-electron chi connectivity index (χ2n) is 8.40. The lowest BCUT2D eigenvalue weighted by Gasteiger charge is -2.13. The van der Waals surface area contributed by atoms with E-state index in [0.717, 1.165) is 29.5 Å². The first-order chi connectivity index (χ1) is 16.9. The third kappa shape index (κ3) is 5.90. The van der Waals surface area contributed by atoms with E-state index in [9.17, 15) is 13.2 Å². The summed E-state index contributed by atoms with van der Waals surface area (Å²) in [6, 6.07) is 17.9. The first kappa shape index (κ1) is 24.5. The minimum absolute atomic E-state index is 0.101. The molecule has 2 aromatic heterocycles. The van der Waals surface area contributed by atoms with Crippen molar-refractivity contribution in [2.45, 2.75) is 38.1 Å². The Hall–Kier alpha value is -3.62. The summed E-state index contributed by atoms with van der Waals surface area (Å²) in [4.78, 5) is 22.3. The summed E-state index contributed by atoms with van der Waals surface area (Å²) >= 11 is 0. The van der Waals surface area contributed by atoms with E-state index < -0.39 is 10.0 Å². The summed E-state index contributed by atoms with van der Waals surface area (Å²) in [6.45, 7) is 4.71. The SMILES string of the molecule is CCCCNS(=O)(=O)c1ccc2nc(-c3cccnc3)cc(C(=O)NCc3ccc(C)cc3)c2c1. The van der Waals surface area contributed by atoms with Crippen LogP contribution in [0.4, 0.5) is 0 Å². The van der Waals surface area contributed by atoms with Gasteiger partial charge >= 0.3 is 0 Å². The lowest BCUT2D eigenvalue weighted by atomic mass is 10.0. The van der Waals surface area contributed by atoms with Gasteiger partial charge in [-0.3, -0.25) is 9.78 Å². The summed E-state index contributed by atoms with van der Waals surface area (Å²) in [5, 5.41) is 3.43. The van der Waals surface area contributed by atoms with Crippen molar-refractivity contribution in [3.63, 3.8) is 0 Å². The van der Waals surface area contributed by atoms with Crippen LogP contribution in [0.2, 0.25) is 0 Å². The molecule has 0 bridgehead atoms. The fourth-order valence-corrected chi connectivity index (χ4v) is 4.77. The van der Waals surface area contributed by atoms with Gasteiger partial charge in [0, 0.05) is 36.4 Å². The van der Waals surface area contributed by atoms with Crippen LogP contribution in [0, 0.1) is 6.92 Å². The van der Waals surface area contributed by atoms with Crippen LogP contribution in [-0.4, -0.2) is 30.8 Å². The lowest BCUT2D eigenvalue weighted by Crippen LogP contribution is -2.25. The molecule has 2 N–H and O–H groups in total. The van der Waals surface area contributed by atoms with Crippen LogP contribution in [0.25, 0.3) is 22.2 Å². The van der Waals surface area contributed by atoms with E-state index in [1.54, 1.807) is 30.6 Å². The van der Waals surface area contributed by atoms with Gasteiger partial charge in [-0.1, -0.05) is 43.2 Å². The predicted octanol–water partition coefficient (Wildman–Crippen LogP) is 4.61. The van der Waals surface area contributed by atoms with Crippen molar-refractivity contribution < 1.29 is 13.2 Å². The van der Waals surface area contributed by atoms with E-state index in [2.05, 4.69) is 20.0 Å². The average molecular weight is 489 g/mol. The Morgan fingerprint density at radius 3 is 2.54 bits per heavy atom. The smallest absolute Gasteiger partial charge is 0.252 e. The molecule has 0 spiro atoms. The van der Waals surface area contributed by atoms with Gasteiger partial charge in [-0.2, -0.15) is 0 Å². The van der Waals surface area contributed by atoms with Crippen molar-refractivity contribution in [1.82, 2.24) is 20.0 Å². The van der Waals surface area contributed by atoms with E-state index in [-0.39, 0.29) is 10.8 Å².